The molecule has 1 aromatic rings. The monoisotopic (exact) mass is 311 g/mol. The largest absolute Gasteiger partial charge is 0.392 e. The Balaban J connectivity index is 2.29. The van der Waals surface area contributed by atoms with Gasteiger partial charge in [0.1, 0.15) is 0 Å². The fraction of sp³-hybridized carbons (Fsp3) is 0.600. The lowest BCUT2D eigenvalue weighted by molar-refractivity contribution is 0.281. The Hall–Kier alpha value is -0.540. The Bertz CT molecular complexity index is 421. The normalized spacial score (nSPS) is 28.5. The van der Waals surface area contributed by atoms with Gasteiger partial charge in [-0.15, -0.1) is 0 Å². The smallest absolute Gasteiger partial charge is 0.0682 e. The number of benzene rings is 1. The van der Waals surface area contributed by atoms with E-state index >= 15 is 0 Å². The van der Waals surface area contributed by atoms with Crippen LogP contribution in [0.5, 0.6) is 0 Å². The van der Waals surface area contributed by atoms with E-state index in [-0.39, 0.29) is 6.61 Å². The molecule has 1 aliphatic rings. The Morgan fingerprint density at radius 2 is 2.06 bits per heavy atom. The molecular formula is C15H22BrNO. The molecule has 0 spiro atoms. The van der Waals surface area contributed by atoms with Crippen molar-refractivity contribution >= 4 is 21.6 Å². The molecule has 1 heterocycles. The van der Waals surface area contributed by atoms with Gasteiger partial charge in [0.2, 0.25) is 0 Å². The van der Waals surface area contributed by atoms with E-state index in [1.54, 1.807) is 0 Å². The lowest BCUT2D eigenvalue weighted by Crippen LogP contribution is -2.46. The van der Waals surface area contributed by atoms with Crippen molar-refractivity contribution in [3.05, 3.63) is 28.2 Å². The van der Waals surface area contributed by atoms with Gasteiger partial charge >= 0.3 is 0 Å². The summed E-state index contributed by atoms with van der Waals surface area (Å²) < 4.78 is 1.09. The van der Waals surface area contributed by atoms with Crippen LogP contribution in [0.25, 0.3) is 0 Å². The molecule has 3 atom stereocenters. The van der Waals surface area contributed by atoms with Crippen molar-refractivity contribution in [1.29, 1.82) is 0 Å². The van der Waals surface area contributed by atoms with Crippen LogP contribution >= 0.6 is 15.9 Å². The third-order valence-electron chi connectivity index (χ3n) is 4.10. The number of aliphatic hydroxyl groups excluding tert-OH is 1. The average Bonchev–Trinajstić information content (AvgIpc) is 2.34. The summed E-state index contributed by atoms with van der Waals surface area (Å²) >= 11 is 3.64. The third-order valence-corrected chi connectivity index (χ3v) is 4.74. The number of nitrogens with zero attached hydrogens (tertiary/aromatic N) is 1. The van der Waals surface area contributed by atoms with Gasteiger partial charge in [0, 0.05) is 17.1 Å². The van der Waals surface area contributed by atoms with Gasteiger partial charge in [-0.1, -0.05) is 19.9 Å². The summed E-state index contributed by atoms with van der Waals surface area (Å²) in [5.41, 5.74) is 2.20. The summed E-state index contributed by atoms with van der Waals surface area (Å²) in [5, 5.41) is 9.16. The maximum Gasteiger partial charge on any atom is 0.0682 e. The van der Waals surface area contributed by atoms with E-state index in [0.29, 0.717) is 6.04 Å². The Morgan fingerprint density at radius 1 is 1.33 bits per heavy atom. The molecule has 0 radical (unpaired) electrons. The Labute approximate surface area is 118 Å². The second kappa shape index (κ2) is 5.62. The molecule has 1 saturated heterocycles. The fourth-order valence-corrected chi connectivity index (χ4v) is 3.57. The minimum Gasteiger partial charge on any atom is -0.392 e. The van der Waals surface area contributed by atoms with Crippen LogP contribution in [0.15, 0.2) is 22.7 Å². The van der Waals surface area contributed by atoms with Gasteiger partial charge in [-0.3, -0.25) is 0 Å². The van der Waals surface area contributed by atoms with Gasteiger partial charge in [-0.05, 0) is 58.8 Å². The second-order valence-electron chi connectivity index (χ2n) is 5.66. The second-order valence-corrected chi connectivity index (χ2v) is 6.51. The van der Waals surface area contributed by atoms with Crippen LogP contribution < -0.4 is 4.90 Å². The molecule has 0 saturated carbocycles. The fourth-order valence-electron chi connectivity index (χ4n) is 2.91. The van der Waals surface area contributed by atoms with Crippen LogP contribution in [0.2, 0.25) is 0 Å². The van der Waals surface area contributed by atoms with E-state index in [2.05, 4.69) is 47.7 Å². The van der Waals surface area contributed by atoms with Crippen LogP contribution in [-0.4, -0.2) is 17.7 Å². The van der Waals surface area contributed by atoms with Crippen LogP contribution in [0.1, 0.15) is 32.8 Å². The molecule has 0 bridgehead atoms. The van der Waals surface area contributed by atoms with E-state index in [1.807, 2.05) is 12.1 Å². The number of hydrogen-bond acceptors (Lipinski definition) is 2. The maximum absolute atomic E-state index is 9.16. The van der Waals surface area contributed by atoms with E-state index in [9.17, 15) is 0 Å². The first-order chi connectivity index (χ1) is 8.52. The molecule has 0 aliphatic carbocycles. The van der Waals surface area contributed by atoms with Gasteiger partial charge in [0.05, 0.1) is 12.3 Å². The molecule has 2 rings (SSSR count). The zero-order valence-corrected chi connectivity index (χ0v) is 12.9. The van der Waals surface area contributed by atoms with Crippen molar-refractivity contribution in [2.24, 2.45) is 11.8 Å². The molecule has 18 heavy (non-hydrogen) atoms. The highest BCUT2D eigenvalue weighted by Gasteiger charge is 2.29. The van der Waals surface area contributed by atoms with Crippen molar-refractivity contribution in [3.8, 4) is 0 Å². The maximum atomic E-state index is 9.16. The molecule has 3 heteroatoms. The molecule has 1 N–H and O–H groups in total. The van der Waals surface area contributed by atoms with Gasteiger partial charge in [-0.2, -0.15) is 0 Å². The SMILES string of the molecule is CC1CC(C)C(C)N(c2ccc(CO)cc2Br)C1. The minimum atomic E-state index is 0.0985. The molecule has 3 unspecified atom stereocenters. The highest BCUT2D eigenvalue weighted by Crippen LogP contribution is 2.35. The Morgan fingerprint density at radius 3 is 2.67 bits per heavy atom. The summed E-state index contributed by atoms with van der Waals surface area (Å²) in [4.78, 5) is 2.49. The van der Waals surface area contributed by atoms with Gasteiger partial charge < -0.3 is 10.0 Å². The highest BCUT2D eigenvalue weighted by molar-refractivity contribution is 9.10. The first-order valence-electron chi connectivity index (χ1n) is 6.68. The highest BCUT2D eigenvalue weighted by atomic mass is 79.9. The van der Waals surface area contributed by atoms with Gasteiger partial charge in [0.15, 0.2) is 0 Å². The lowest BCUT2D eigenvalue weighted by atomic mass is 9.85. The standard InChI is InChI=1S/C15H22BrNO/c1-10-6-11(2)12(3)17(8-10)15-5-4-13(9-18)7-14(15)16/h4-5,7,10-12,18H,6,8-9H2,1-3H3. The van der Waals surface area contributed by atoms with E-state index in [1.165, 1.54) is 12.1 Å². The zero-order valence-electron chi connectivity index (χ0n) is 11.4. The first kappa shape index (κ1) is 13.9. The zero-order chi connectivity index (χ0) is 13.3. The lowest BCUT2D eigenvalue weighted by Gasteiger charge is -2.43. The average molecular weight is 312 g/mol. The number of rotatable bonds is 2. The minimum absolute atomic E-state index is 0.0985. The molecule has 100 valence electrons. The third kappa shape index (κ3) is 2.72. The quantitative estimate of drug-likeness (QED) is 0.897. The Kier molecular flexibility index (Phi) is 4.33. The molecule has 0 aromatic heterocycles. The number of anilines is 1. The molecule has 1 aromatic carbocycles. The van der Waals surface area contributed by atoms with Crippen LogP contribution in [0.3, 0.4) is 0 Å². The predicted octanol–water partition coefficient (Wildman–Crippen LogP) is 3.81. The number of halogens is 1. The van der Waals surface area contributed by atoms with Crippen LogP contribution in [0.4, 0.5) is 5.69 Å². The van der Waals surface area contributed by atoms with Crippen LogP contribution in [0, 0.1) is 11.8 Å². The van der Waals surface area contributed by atoms with E-state index < -0.39 is 0 Å². The summed E-state index contributed by atoms with van der Waals surface area (Å²) in [6.45, 7) is 8.18. The molecule has 1 fully saturated rings. The topological polar surface area (TPSA) is 23.5 Å². The summed E-state index contributed by atoms with van der Waals surface area (Å²) in [6, 6.07) is 6.72. The van der Waals surface area contributed by atoms with E-state index in [0.717, 1.165) is 28.4 Å². The van der Waals surface area contributed by atoms with Crippen molar-refractivity contribution < 1.29 is 5.11 Å². The van der Waals surface area contributed by atoms with Crippen molar-refractivity contribution in [3.63, 3.8) is 0 Å². The summed E-state index contributed by atoms with van der Waals surface area (Å²) in [6.07, 6.45) is 1.31. The number of piperidine rings is 1. The van der Waals surface area contributed by atoms with Crippen molar-refractivity contribution in [2.45, 2.75) is 39.8 Å². The van der Waals surface area contributed by atoms with Crippen molar-refractivity contribution in [1.82, 2.24) is 0 Å². The van der Waals surface area contributed by atoms with Crippen LogP contribution in [-0.2, 0) is 6.61 Å². The predicted molar refractivity (Wildman–Crippen MR) is 79.8 cm³/mol. The molecule has 0 amide bonds. The van der Waals surface area contributed by atoms with E-state index in [4.69, 9.17) is 5.11 Å². The molecular weight excluding hydrogens is 290 g/mol. The summed E-state index contributed by atoms with van der Waals surface area (Å²) in [5.74, 6) is 1.46. The van der Waals surface area contributed by atoms with Gasteiger partial charge in [-0.25, -0.2) is 0 Å². The molecule has 1 aliphatic heterocycles. The summed E-state index contributed by atoms with van der Waals surface area (Å²) in [7, 11) is 0. The van der Waals surface area contributed by atoms with Gasteiger partial charge in [0.25, 0.3) is 0 Å². The van der Waals surface area contributed by atoms with Crippen molar-refractivity contribution in [2.75, 3.05) is 11.4 Å². The first-order valence-corrected chi connectivity index (χ1v) is 7.48. The number of aliphatic hydroxyl groups is 1. The molecule has 2 nitrogen and oxygen atoms in total. The number of hydrogen-bond donors (Lipinski definition) is 1.